The molecule has 108 valence electrons. The predicted octanol–water partition coefficient (Wildman–Crippen LogP) is 3.38. The maximum atomic E-state index is 11.9. The summed E-state index contributed by atoms with van der Waals surface area (Å²) in [5.74, 6) is 0.0947. The SMILES string of the molecule is CC(=O)N1c2ccccc2C(Nc2ccncc2)CC1C. The molecule has 0 fully saturated rings. The second-order valence-corrected chi connectivity index (χ2v) is 5.47. The maximum absolute atomic E-state index is 11.9. The van der Waals surface area contributed by atoms with Gasteiger partial charge in [0.25, 0.3) is 0 Å². The van der Waals surface area contributed by atoms with E-state index in [2.05, 4.69) is 23.3 Å². The maximum Gasteiger partial charge on any atom is 0.224 e. The van der Waals surface area contributed by atoms with Crippen LogP contribution in [0.15, 0.2) is 48.8 Å². The molecule has 0 saturated heterocycles. The van der Waals surface area contributed by atoms with E-state index < -0.39 is 0 Å². The van der Waals surface area contributed by atoms with Gasteiger partial charge in [0.2, 0.25) is 5.91 Å². The van der Waals surface area contributed by atoms with Crippen molar-refractivity contribution in [3.63, 3.8) is 0 Å². The standard InChI is InChI=1S/C17H19N3O/c1-12-11-16(19-14-7-9-18-10-8-14)15-5-3-4-6-17(15)20(12)13(2)21/h3-10,12,16H,11H2,1-2H3,(H,18,19). The van der Waals surface area contributed by atoms with Gasteiger partial charge in [-0.05, 0) is 37.1 Å². The summed E-state index contributed by atoms with van der Waals surface area (Å²) in [6, 6.07) is 12.4. The number of amides is 1. The van der Waals surface area contributed by atoms with E-state index in [1.165, 1.54) is 5.56 Å². The number of rotatable bonds is 2. The first-order valence-corrected chi connectivity index (χ1v) is 7.22. The normalized spacial score (nSPS) is 20.8. The molecule has 0 spiro atoms. The average molecular weight is 281 g/mol. The van der Waals surface area contributed by atoms with Crippen molar-refractivity contribution < 1.29 is 4.79 Å². The Kier molecular flexibility index (Phi) is 3.60. The summed E-state index contributed by atoms with van der Waals surface area (Å²) in [7, 11) is 0. The van der Waals surface area contributed by atoms with E-state index in [1.807, 2.05) is 35.2 Å². The molecule has 1 aromatic carbocycles. The third-order valence-electron chi connectivity index (χ3n) is 3.95. The summed E-state index contributed by atoms with van der Waals surface area (Å²) in [6.45, 7) is 3.72. The van der Waals surface area contributed by atoms with Gasteiger partial charge >= 0.3 is 0 Å². The van der Waals surface area contributed by atoms with Crippen molar-refractivity contribution >= 4 is 17.3 Å². The van der Waals surface area contributed by atoms with Crippen molar-refractivity contribution in [2.75, 3.05) is 10.2 Å². The second-order valence-electron chi connectivity index (χ2n) is 5.47. The highest BCUT2D eigenvalue weighted by molar-refractivity contribution is 5.93. The quantitative estimate of drug-likeness (QED) is 0.918. The largest absolute Gasteiger partial charge is 0.378 e. The summed E-state index contributed by atoms with van der Waals surface area (Å²) in [4.78, 5) is 17.9. The van der Waals surface area contributed by atoms with Crippen molar-refractivity contribution in [1.82, 2.24) is 4.98 Å². The summed E-state index contributed by atoms with van der Waals surface area (Å²) in [5, 5.41) is 3.55. The molecule has 1 aromatic heterocycles. The first-order valence-electron chi connectivity index (χ1n) is 7.22. The molecule has 2 atom stereocenters. The Balaban J connectivity index is 1.96. The van der Waals surface area contributed by atoms with E-state index in [1.54, 1.807) is 19.3 Å². The number of nitrogens with zero attached hydrogens (tertiary/aromatic N) is 2. The second kappa shape index (κ2) is 5.56. The first-order chi connectivity index (χ1) is 10.2. The van der Waals surface area contributed by atoms with Gasteiger partial charge in [0.05, 0.1) is 6.04 Å². The number of carbonyl (C=O) groups is 1. The molecule has 0 bridgehead atoms. The Hall–Kier alpha value is -2.36. The summed E-state index contributed by atoms with van der Waals surface area (Å²) >= 11 is 0. The van der Waals surface area contributed by atoms with Crippen molar-refractivity contribution in [2.24, 2.45) is 0 Å². The Bertz CT molecular complexity index is 641. The van der Waals surface area contributed by atoms with E-state index in [0.717, 1.165) is 17.8 Å². The third kappa shape index (κ3) is 2.61. The van der Waals surface area contributed by atoms with Gasteiger partial charge < -0.3 is 10.2 Å². The molecule has 0 aliphatic carbocycles. The third-order valence-corrected chi connectivity index (χ3v) is 3.95. The van der Waals surface area contributed by atoms with Crippen LogP contribution in [-0.2, 0) is 4.79 Å². The van der Waals surface area contributed by atoms with Crippen LogP contribution in [0.3, 0.4) is 0 Å². The number of fused-ring (bicyclic) bond motifs is 1. The number of nitrogens with one attached hydrogen (secondary N) is 1. The molecular weight excluding hydrogens is 262 g/mol. The topological polar surface area (TPSA) is 45.2 Å². The average Bonchev–Trinajstić information content (AvgIpc) is 2.48. The smallest absolute Gasteiger partial charge is 0.224 e. The lowest BCUT2D eigenvalue weighted by Crippen LogP contribution is -2.43. The van der Waals surface area contributed by atoms with Crippen LogP contribution in [0.5, 0.6) is 0 Å². The number of benzene rings is 1. The van der Waals surface area contributed by atoms with Crippen LogP contribution in [-0.4, -0.2) is 16.9 Å². The molecule has 1 N–H and O–H groups in total. The molecule has 0 saturated carbocycles. The summed E-state index contributed by atoms with van der Waals surface area (Å²) in [6.07, 6.45) is 4.45. The fraction of sp³-hybridized carbons (Fsp3) is 0.294. The van der Waals surface area contributed by atoms with Crippen molar-refractivity contribution in [2.45, 2.75) is 32.4 Å². The Morgan fingerprint density at radius 2 is 1.95 bits per heavy atom. The minimum Gasteiger partial charge on any atom is -0.378 e. The van der Waals surface area contributed by atoms with Gasteiger partial charge in [0.15, 0.2) is 0 Å². The molecule has 1 aliphatic rings. The lowest BCUT2D eigenvalue weighted by atomic mass is 9.91. The van der Waals surface area contributed by atoms with Crippen molar-refractivity contribution in [1.29, 1.82) is 0 Å². The minimum atomic E-state index is 0.0947. The molecule has 2 heterocycles. The number of hydrogen-bond acceptors (Lipinski definition) is 3. The highest BCUT2D eigenvalue weighted by atomic mass is 16.2. The lowest BCUT2D eigenvalue weighted by molar-refractivity contribution is -0.117. The van der Waals surface area contributed by atoms with Gasteiger partial charge in [0, 0.05) is 36.7 Å². The first kappa shape index (κ1) is 13.6. The molecule has 3 rings (SSSR count). The highest BCUT2D eigenvalue weighted by Gasteiger charge is 2.31. The van der Waals surface area contributed by atoms with E-state index in [0.29, 0.717) is 0 Å². The molecule has 1 aliphatic heterocycles. The van der Waals surface area contributed by atoms with Gasteiger partial charge in [-0.25, -0.2) is 0 Å². The Morgan fingerprint density at radius 3 is 2.67 bits per heavy atom. The van der Waals surface area contributed by atoms with Crippen LogP contribution < -0.4 is 10.2 Å². The van der Waals surface area contributed by atoms with Crippen LogP contribution in [0.25, 0.3) is 0 Å². The van der Waals surface area contributed by atoms with Gasteiger partial charge in [-0.3, -0.25) is 9.78 Å². The highest BCUT2D eigenvalue weighted by Crippen LogP contribution is 2.38. The number of para-hydroxylation sites is 1. The van der Waals surface area contributed by atoms with Gasteiger partial charge in [-0.2, -0.15) is 0 Å². The molecule has 2 aromatic rings. The number of pyridine rings is 1. The molecule has 4 nitrogen and oxygen atoms in total. The molecule has 0 radical (unpaired) electrons. The zero-order valence-corrected chi connectivity index (χ0v) is 12.3. The molecule has 1 amide bonds. The monoisotopic (exact) mass is 281 g/mol. The lowest BCUT2D eigenvalue weighted by Gasteiger charge is -2.39. The van der Waals surface area contributed by atoms with Crippen LogP contribution in [0.2, 0.25) is 0 Å². The summed E-state index contributed by atoms with van der Waals surface area (Å²) in [5.41, 5.74) is 3.23. The number of hydrogen-bond donors (Lipinski definition) is 1. The number of aromatic nitrogens is 1. The van der Waals surface area contributed by atoms with E-state index in [9.17, 15) is 4.79 Å². The fourth-order valence-corrected chi connectivity index (χ4v) is 3.08. The molecule has 2 unspecified atom stereocenters. The summed E-state index contributed by atoms with van der Waals surface area (Å²) < 4.78 is 0. The Morgan fingerprint density at radius 1 is 1.24 bits per heavy atom. The van der Waals surface area contributed by atoms with E-state index >= 15 is 0 Å². The molecule has 4 heteroatoms. The van der Waals surface area contributed by atoms with Gasteiger partial charge in [-0.15, -0.1) is 0 Å². The van der Waals surface area contributed by atoms with Crippen LogP contribution in [0.1, 0.15) is 31.9 Å². The van der Waals surface area contributed by atoms with Crippen molar-refractivity contribution in [3.05, 3.63) is 54.4 Å². The van der Waals surface area contributed by atoms with Crippen LogP contribution in [0.4, 0.5) is 11.4 Å². The number of anilines is 2. The molecular formula is C17H19N3O. The van der Waals surface area contributed by atoms with Crippen LogP contribution in [0, 0.1) is 0 Å². The van der Waals surface area contributed by atoms with E-state index in [4.69, 9.17) is 0 Å². The van der Waals surface area contributed by atoms with Gasteiger partial charge in [0.1, 0.15) is 0 Å². The zero-order chi connectivity index (χ0) is 14.8. The number of carbonyl (C=O) groups excluding carboxylic acids is 1. The Labute approximate surface area is 124 Å². The predicted molar refractivity (Wildman–Crippen MR) is 84.3 cm³/mol. The van der Waals surface area contributed by atoms with Crippen molar-refractivity contribution in [3.8, 4) is 0 Å². The fourth-order valence-electron chi connectivity index (χ4n) is 3.08. The minimum absolute atomic E-state index is 0.0947. The zero-order valence-electron chi connectivity index (χ0n) is 12.3. The van der Waals surface area contributed by atoms with Crippen LogP contribution >= 0.6 is 0 Å². The van der Waals surface area contributed by atoms with E-state index in [-0.39, 0.29) is 18.0 Å². The van der Waals surface area contributed by atoms with Gasteiger partial charge in [-0.1, -0.05) is 18.2 Å². The molecule has 21 heavy (non-hydrogen) atoms.